The minimum absolute atomic E-state index is 0.0248. The zero-order chi connectivity index (χ0) is 14.1. The lowest BCUT2D eigenvalue weighted by Gasteiger charge is -2.28. The average molecular weight is 283 g/mol. The fourth-order valence-corrected chi connectivity index (χ4v) is 2.91. The molecular formula is C13H15FNO3P. The van der Waals surface area contributed by atoms with E-state index in [-0.39, 0.29) is 17.6 Å². The predicted molar refractivity (Wildman–Crippen MR) is 71.7 cm³/mol. The fraction of sp³-hybridized carbons (Fsp3) is 0.231. The molecule has 1 aromatic rings. The second kappa shape index (κ2) is 5.02. The van der Waals surface area contributed by atoms with Crippen molar-refractivity contribution in [3.8, 4) is 0 Å². The van der Waals surface area contributed by atoms with Crippen LogP contribution in [0, 0.1) is 0 Å². The Labute approximate surface area is 110 Å². The van der Waals surface area contributed by atoms with Crippen LogP contribution in [0.1, 0.15) is 12.0 Å². The number of hydrogen-bond acceptors (Lipinski definition) is 2. The summed E-state index contributed by atoms with van der Waals surface area (Å²) in [5.74, 6) is -0.343. The van der Waals surface area contributed by atoms with E-state index < -0.39 is 13.1 Å². The van der Waals surface area contributed by atoms with Crippen LogP contribution in [0.2, 0.25) is 0 Å². The van der Waals surface area contributed by atoms with Crippen molar-refractivity contribution in [2.75, 3.05) is 0 Å². The Hall–Kier alpha value is -1.26. The standard InChI is InChI=1S/C13H15FNO3P/c14-11-5-7-13(15,8-6-11)9-10-3-1-2-4-12(10)19(16,17)18/h1-7H,8-9,15H2,(H2,16,17,18). The Morgan fingerprint density at radius 2 is 2.05 bits per heavy atom. The second-order valence-electron chi connectivity index (χ2n) is 4.71. The van der Waals surface area contributed by atoms with Gasteiger partial charge in [0.05, 0.1) is 5.30 Å². The van der Waals surface area contributed by atoms with Crippen LogP contribution in [0.15, 0.2) is 48.3 Å². The first-order valence-corrected chi connectivity index (χ1v) is 7.39. The van der Waals surface area contributed by atoms with Gasteiger partial charge in [-0.3, -0.25) is 4.57 Å². The van der Waals surface area contributed by atoms with Gasteiger partial charge in [0.1, 0.15) is 5.83 Å². The van der Waals surface area contributed by atoms with E-state index in [0.717, 1.165) is 0 Å². The normalized spacial score (nSPS) is 23.3. The van der Waals surface area contributed by atoms with Crippen LogP contribution in [-0.2, 0) is 11.0 Å². The molecule has 6 heteroatoms. The molecule has 0 saturated heterocycles. The molecule has 0 amide bonds. The average Bonchev–Trinajstić information content (AvgIpc) is 2.33. The Balaban J connectivity index is 2.30. The maximum atomic E-state index is 12.9. The highest BCUT2D eigenvalue weighted by Crippen LogP contribution is 2.36. The Bertz CT molecular complexity index is 593. The topological polar surface area (TPSA) is 83.6 Å². The molecule has 19 heavy (non-hydrogen) atoms. The molecule has 0 aromatic heterocycles. The van der Waals surface area contributed by atoms with Crippen LogP contribution < -0.4 is 11.0 Å². The van der Waals surface area contributed by atoms with Crippen molar-refractivity contribution in [2.24, 2.45) is 5.73 Å². The van der Waals surface area contributed by atoms with Gasteiger partial charge in [0.15, 0.2) is 0 Å². The van der Waals surface area contributed by atoms with E-state index in [1.165, 1.54) is 18.2 Å². The number of nitrogens with two attached hydrogens (primary N) is 1. The van der Waals surface area contributed by atoms with Gasteiger partial charge in [0, 0.05) is 5.54 Å². The third kappa shape index (κ3) is 3.39. The Kier molecular flexibility index (Phi) is 3.74. The van der Waals surface area contributed by atoms with Crippen LogP contribution in [0.4, 0.5) is 4.39 Å². The maximum absolute atomic E-state index is 12.9. The maximum Gasteiger partial charge on any atom is 0.356 e. The first-order valence-electron chi connectivity index (χ1n) is 5.78. The van der Waals surface area contributed by atoms with Crippen LogP contribution in [0.5, 0.6) is 0 Å². The molecule has 0 spiro atoms. The largest absolute Gasteiger partial charge is 0.356 e. The molecule has 0 aliphatic heterocycles. The third-order valence-corrected chi connectivity index (χ3v) is 4.14. The van der Waals surface area contributed by atoms with Crippen LogP contribution in [0.3, 0.4) is 0 Å². The smallest absolute Gasteiger partial charge is 0.321 e. The van der Waals surface area contributed by atoms with Crippen LogP contribution in [0.25, 0.3) is 0 Å². The molecule has 1 aliphatic carbocycles. The van der Waals surface area contributed by atoms with Crippen molar-refractivity contribution in [3.63, 3.8) is 0 Å². The predicted octanol–water partition coefficient (Wildman–Crippen LogP) is 1.54. The number of benzene rings is 1. The zero-order valence-electron chi connectivity index (χ0n) is 10.2. The van der Waals surface area contributed by atoms with Crippen molar-refractivity contribution in [1.29, 1.82) is 0 Å². The minimum atomic E-state index is -4.33. The summed E-state index contributed by atoms with van der Waals surface area (Å²) < 4.78 is 24.3. The van der Waals surface area contributed by atoms with E-state index >= 15 is 0 Å². The summed E-state index contributed by atoms with van der Waals surface area (Å²) in [5.41, 5.74) is 5.78. The summed E-state index contributed by atoms with van der Waals surface area (Å²) in [5, 5.41) is -0.0248. The lowest BCUT2D eigenvalue weighted by molar-refractivity contribution is 0.387. The SMILES string of the molecule is NC1(Cc2ccccc2P(=O)(O)O)C=CC(F)=CC1. The van der Waals surface area contributed by atoms with Crippen LogP contribution in [-0.4, -0.2) is 15.3 Å². The first-order chi connectivity index (χ1) is 8.80. The van der Waals surface area contributed by atoms with Gasteiger partial charge in [0.2, 0.25) is 0 Å². The third-order valence-electron chi connectivity index (χ3n) is 3.08. The molecular weight excluding hydrogens is 268 g/mol. The molecule has 2 rings (SSSR count). The summed E-state index contributed by atoms with van der Waals surface area (Å²) in [4.78, 5) is 18.6. The molecule has 1 aromatic carbocycles. The molecule has 1 unspecified atom stereocenters. The van der Waals surface area contributed by atoms with Crippen molar-refractivity contribution in [1.82, 2.24) is 0 Å². The molecule has 102 valence electrons. The quantitative estimate of drug-likeness (QED) is 0.735. The number of rotatable bonds is 3. The Morgan fingerprint density at radius 1 is 1.37 bits per heavy atom. The Morgan fingerprint density at radius 3 is 2.63 bits per heavy atom. The summed E-state index contributed by atoms with van der Waals surface area (Å²) in [7, 11) is -4.33. The fourth-order valence-electron chi connectivity index (χ4n) is 2.10. The highest BCUT2D eigenvalue weighted by atomic mass is 31.2. The first kappa shape index (κ1) is 14.2. The summed E-state index contributed by atoms with van der Waals surface area (Å²) >= 11 is 0. The van der Waals surface area contributed by atoms with E-state index in [4.69, 9.17) is 5.73 Å². The van der Waals surface area contributed by atoms with E-state index in [0.29, 0.717) is 12.0 Å². The lowest BCUT2D eigenvalue weighted by Crippen LogP contribution is -2.41. The van der Waals surface area contributed by atoms with Gasteiger partial charge in [-0.25, -0.2) is 4.39 Å². The summed E-state index contributed by atoms with van der Waals surface area (Å²) in [6.45, 7) is 0. The van der Waals surface area contributed by atoms with E-state index in [9.17, 15) is 18.7 Å². The number of hydrogen-bond donors (Lipinski definition) is 3. The van der Waals surface area contributed by atoms with Gasteiger partial charge in [-0.05, 0) is 36.6 Å². The monoisotopic (exact) mass is 283 g/mol. The van der Waals surface area contributed by atoms with Gasteiger partial charge in [-0.2, -0.15) is 0 Å². The van der Waals surface area contributed by atoms with Gasteiger partial charge >= 0.3 is 7.60 Å². The van der Waals surface area contributed by atoms with Crippen LogP contribution >= 0.6 is 7.60 Å². The van der Waals surface area contributed by atoms with Crippen molar-refractivity contribution in [3.05, 3.63) is 53.9 Å². The molecule has 0 radical (unpaired) electrons. The summed E-state index contributed by atoms with van der Waals surface area (Å²) in [6, 6.07) is 6.28. The van der Waals surface area contributed by atoms with Gasteiger partial charge in [-0.15, -0.1) is 0 Å². The van der Waals surface area contributed by atoms with Gasteiger partial charge in [-0.1, -0.05) is 24.3 Å². The molecule has 4 N–H and O–H groups in total. The number of halogens is 1. The highest BCUT2D eigenvalue weighted by Gasteiger charge is 2.28. The second-order valence-corrected chi connectivity index (χ2v) is 6.28. The summed E-state index contributed by atoms with van der Waals surface area (Å²) in [6.07, 6.45) is 4.74. The van der Waals surface area contributed by atoms with Gasteiger partial charge in [0.25, 0.3) is 0 Å². The minimum Gasteiger partial charge on any atom is -0.321 e. The lowest BCUT2D eigenvalue weighted by atomic mass is 9.85. The molecule has 0 bridgehead atoms. The molecule has 0 heterocycles. The van der Waals surface area contributed by atoms with Crippen molar-refractivity contribution >= 4 is 12.9 Å². The van der Waals surface area contributed by atoms with Gasteiger partial charge < -0.3 is 15.5 Å². The molecule has 4 nitrogen and oxygen atoms in total. The van der Waals surface area contributed by atoms with E-state index in [2.05, 4.69) is 0 Å². The number of allylic oxidation sites excluding steroid dienone is 2. The van der Waals surface area contributed by atoms with Crippen molar-refractivity contribution in [2.45, 2.75) is 18.4 Å². The molecule has 0 fully saturated rings. The van der Waals surface area contributed by atoms with E-state index in [1.807, 2.05) is 0 Å². The molecule has 0 saturated carbocycles. The molecule has 1 aliphatic rings. The zero-order valence-corrected chi connectivity index (χ0v) is 11.1. The molecule has 1 atom stereocenters. The van der Waals surface area contributed by atoms with Crippen molar-refractivity contribution < 1.29 is 18.7 Å². The van der Waals surface area contributed by atoms with E-state index in [1.54, 1.807) is 24.3 Å². The highest BCUT2D eigenvalue weighted by molar-refractivity contribution is 7.60.